The second-order valence-corrected chi connectivity index (χ2v) is 8.48. The summed E-state index contributed by atoms with van der Waals surface area (Å²) >= 11 is 6.45. The molecule has 4 rings (SSSR count). The predicted octanol–water partition coefficient (Wildman–Crippen LogP) is 5.38. The Morgan fingerprint density at radius 3 is 2.64 bits per heavy atom. The largest absolute Gasteiger partial charge is 0.459 e. The fraction of sp³-hybridized carbons (Fsp3) is 0.100. The zero-order valence-electron chi connectivity index (χ0n) is 14.5. The highest BCUT2D eigenvalue weighted by Crippen LogP contribution is 2.26. The van der Waals surface area contributed by atoms with E-state index in [0.29, 0.717) is 5.69 Å². The van der Waals surface area contributed by atoms with Crippen LogP contribution in [0.3, 0.4) is 0 Å². The predicted molar refractivity (Wildman–Crippen MR) is 114 cm³/mol. The van der Waals surface area contributed by atoms with Crippen molar-refractivity contribution < 1.29 is 9.53 Å². The zero-order valence-corrected chi connectivity index (χ0v) is 17.8. The first-order valence-electron chi connectivity index (χ1n) is 8.39. The van der Waals surface area contributed by atoms with Crippen molar-refractivity contribution in [3.63, 3.8) is 0 Å². The summed E-state index contributed by atoms with van der Waals surface area (Å²) in [7, 11) is 0. The molecular weight excluding hydrogens is 458 g/mol. The number of pyridine rings is 1. The minimum Gasteiger partial charge on any atom is -0.459 e. The fourth-order valence-electron chi connectivity index (χ4n) is 2.48. The second kappa shape index (κ2) is 8.72. The molecule has 28 heavy (non-hydrogen) atoms. The third kappa shape index (κ3) is 4.70. The molecule has 3 aromatic heterocycles. The number of carbonyl (C=O) groups excluding carboxylic acids is 1. The van der Waals surface area contributed by atoms with Crippen molar-refractivity contribution in [2.24, 2.45) is 0 Å². The second-order valence-electron chi connectivity index (χ2n) is 5.85. The average molecular weight is 472 g/mol. The van der Waals surface area contributed by atoms with Gasteiger partial charge in [0.25, 0.3) is 0 Å². The first-order valence-corrected chi connectivity index (χ1v) is 10.9. The van der Waals surface area contributed by atoms with Crippen LogP contribution in [-0.2, 0) is 22.6 Å². The Morgan fingerprint density at radius 2 is 1.82 bits per heavy atom. The highest BCUT2D eigenvalue weighted by atomic mass is 79.9. The molecule has 0 atom stereocenters. The number of benzene rings is 1. The lowest BCUT2D eigenvalue weighted by atomic mass is 10.2. The van der Waals surface area contributed by atoms with Gasteiger partial charge in [0.2, 0.25) is 0 Å². The average Bonchev–Trinajstić information content (AvgIpc) is 3.37. The molecule has 0 bridgehead atoms. The Morgan fingerprint density at radius 1 is 1.00 bits per heavy atom. The van der Waals surface area contributed by atoms with Gasteiger partial charge in [-0.1, -0.05) is 34.1 Å². The first-order chi connectivity index (χ1) is 13.7. The van der Waals surface area contributed by atoms with Crippen molar-refractivity contribution in [1.29, 1.82) is 0 Å². The third-order valence-electron chi connectivity index (χ3n) is 3.77. The van der Waals surface area contributed by atoms with E-state index in [-0.39, 0.29) is 19.0 Å². The van der Waals surface area contributed by atoms with Gasteiger partial charge < -0.3 is 4.74 Å². The van der Waals surface area contributed by atoms with Crippen molar-refractivity contribution in [2.75, 3.05) is 0 Å². The molecular formula is C20H14BrN3O2S2. The molecule has 140 valence electrons. The highest BCUT2D eigenvalue weighted by molar-refractivity contribution is 9.10. The van der Waals surface area contributed by atoms with E-state index in [9.17, 15) is 4.79 Å². The van der Waals surface area contributed by atoms with E-state index in [4.69, 9.17) is 4.74 Å². The minimum atomic E-state index is -0.324. The normalized spacial score (nSPS) is 10.8. The molecule has 3 heterocycles. The summed E-state index contributed by atoms with van der Waals surface area (Å²) in [5.74, 6) is -0.324. The van der Waals surface area contributed by atoms with Gasteiger partial charge in [0.15, 0.2) is 0 Å². The molecule has 0 aliphatic carbocycles. The summed E-state index contributed by atoms with van der Waals surface area (Å²) < 4.78 is 6.37. The number of esters is 1. The van der Waals surface area contributed by atoms with Gasteiger partial charge in [-0.15, -0.1) is 22.7 Å². The topological polar surface area (TPSA) is 65.0 Å². The van der Waals surface area contributed by atoms with E-state index in [2.05, 4.69) is 30.9 Å². The van der Waals surface area contributed by atoms with E-state index in [1.165, 1.54) is 22.7 Å². The summed E-state index contributed by atoms with van der Waals surface area (Å²) in [5.41, 5.74) is 3.25. The Balaban J connectivity index is 1.33. The molecule has 0 unspecified atom stereocenters. The molecule has 8 heteroatoms. The van der Waals surface area contributed by atoms with Gasteiger partial charge in [0, 0.05) is 27.0 Å². The van der Waals surface area contributed by atoms with Crippen LogP contribution in [0.25, 0.3) is 21.3 Å². The maximum absolute atomic E-state index is 12.1. The lowest BCUT2D eigenvalue weighted by molar-refractivity contribution is -0.144. The lowest BCUT2D eigenvalue weighted by Crippen LogP contribution is -2.08. The summed E-state index contributed by atoms with van der Waals surface area (Å²) in [4.78, 5) is 25.4. The molecule has 1 aromatic carbocycles. The zero-order chi connectivity index (χ0) is 19.3. The van der Waals surface area contributed by atoms with Crippen LogP contribution in [0.15, 0.2) is 63.9 Å². The molecule has 0 aliphatic heterocycles. The Labute approximate surface area is 178 Å². The summed E-state index contributed by atoms with van der Waals surface area (Å²) in [6.45, 7) is 0.153. The van der Waals surface area contributed by atoms with Gasteiger partial charge in [-0.25, -0.2) is 9.97 Å². The first kappa shape index (κ1) is 18.9. The monoisotopic (exact) mass is 471 g/mol. The molecule has 5 nitrogen and oxygen atoms in total. The van der Waals surface area contributed by atoms with Crippen LogP contribution in [0.1, 0.15) is 11.4 Å². The van der Waals surface area contributed by atoms with Crippen LogP contribution >= 0.6 is 38.6 Å². The Kier molecular flexibility index (Phi) is 5.90. The van der Waals surface area contributed by atoms with Crippen molar-refractivity contribution >= 4 is 44.6 Å². The molecule has 0 amide bonds. The SMILES string of the molecule is O=C(Cc1csc(-c2ccccn2)n1)OCc1csc(-c2cccc(Br)c2)n1. The van der Waals surface area contributed by atoms with Crippen molar-refractivity contribution in [2.45, 2.75) is 13.0 Å². The molecule has 0 saturated heterocycles. The summed E-state index contributed by atoms with van der Waals surface area (Å²) in [6.07, 6.45) is 1.85. The summed E-state index contributed by atoms with van der Waals surface area (Å²) in [6, 6.07) is 13.6. The smallest absolute Gasteiger partial charge is 0.312 e. The molecule has 0 aliphatic rings. The number of rotatable bonds is 6. The van der Waals surface area contributed by atoms with Gasteiger partial charge in [-0.3, -0.25) is 9.78 Å². The maximum atomic E-state index is 12.1. The number of nitrogens with zero attached hydrogens (tertiary/aromatic N) is 3. The third-order valence-corrected chi connectivity index (χ3v) is 6.11. The molecule has 0 spiro atoms. The van der Waals surface area contributed by atoms with E-state index in [1.54, 1.807) is 6.20 Å². The van der Waals surface area contributed by atoms with E-state index < -0.39 is 0 Å². The maximum Gasteiger partial charge on any atom is 0.312 e. The lowest BCUT2D eigenvalue weighted by Gasteiger charge is -2.01. The summed E-state index contributed by atoms with van der Waals surface area (Å²) in [5, 5.41) is 5.46. The number of thiazole rings is 2. The molecule has 0 saturated carbocycles. The molecule has 0 N–H and O–H groups in total. The van der Waals surface area contributed by atoms with E-state index in [0.717, 1.165) is 31.4 Å². The minimum absolute atomic E-state index is 0.131. The number of hydrogen-bond acceptors (Lipinski definition) is 7. The van der Waals surface area contributed by atoms with Crippen LogP contribution in [0.5, 0.6) is 0 Å². The van der Waals surface area contributed by atoms with Gasteiger partial charge in [0.05, 0.1) is 23.5 Å². The van der Waals surface area contributed by atoms with Crippen LogP contribution in [-0.4, -0.2) is 20.9 Å². The van der Waals surface area contributed by atoms with Crippen LogP contribution in [0.4, 0.5) is 0 Å². The number of aromatic nitrogens is 3. The van der Waals surface area contributed by atoms with Crippen molar-refractivity contribution in [3.8, 4) is 21.3 Å². The van der Waals surface area contributed by atoms with Crippen LogP contribution in [0.2, 0.25) is 0 Å². The number of carbonyl (C=O) groups is 1. The number of halogens is 1. The standard InChI is InChI=1S/C20H14BrN3O2S2/c21-14-5-3-4-13(8-14)19-24-16(12-27-19)10-26-18(25)9-15-11-28-20(23-15)17-6-1-2-7-22-17/h1-8,11-12H,9-10H2. The van der Waals surface area contributed by atoms with E-state index in [1.807, 2.05) is 53.2 Å². The highest BCUT2D eigenvalue weighted by Gasteiger charge is 2.12. The van der Waals surface area contributed by atoms with Gasteiger partial charge in [-0.05, 0) is 24.3 Å². The van der Waals surface area contributed by atoms with E-state index >= 15 is 0 Å². The van der Waals surface area contributed by atoms with Gasteiger partial charge in [-0.2, -0.15) is 0 Å². The fourth-order valence-corrected chi connectivity index (χ4v) is 4.47. The number of ether oxygens (including phenoxy) is 1. The number of hydrogen-bond donors (Lipinski definition) is 0. The quantitative estimate of drug-likeness (QED) is 0.353. The van der Waals surface area contributed by atoms with Crippen molar-refractivity contribution in [1.82, 2.24) is 15.0 Å². The molecule has 0 radical (unpaired) electrons. The van der Waals surface area contributed by atoms with Crippen LogP contribution in [0, 0.1) is 0 Å². The Hall–Kier alpha value is -2.42. The van der Waals surface area contributed by atoms with Gasteiger partial charge >= 0.3 is 5.97 Å². The van der Waals surface area contributed by atoms with Gasteiger partial charge in [0.1, 0.15) is 16.6 Å². The molecule has 4 aromatic rings. The molecule has 0 fully saturated rings. The Bertz CT molecular complexity index is 1100. The van der Waals surface area contributed by atoms with Crippen LogP contribution < -0.4 is 0 Å². The van der Waals surface area contributed by atoms with Crippen molar-refractivity contribution in [3.05, 3.63) is 75.3 Å².